The van der Waals surface area contributed by atoms with Gasteiger partial charge in [-0.2, -0.15) is 11.3 Å². The van der Waals surface area contributed by atoms with Crippen molar-refractivity contribution in [1.29, 1.82) is 0 Å². The molecule has 23 heavy (non-hydrogen) atoms. The number of piperazine rings is 1. The second kappa shape index (κ2) is 7.64. The van der Waals surface area contributed by atoms with Crippen molar-refractivity contribution in [2.45, 2.75) is 19.8 Å². The van der Waals surface area contributed by atoms with E-state index >= 15 is 0 Å². The van der Waals surface area contributed by atoms with Crippen molar-refractivity contribution in [1.82, 2.24) is 15.1 Å². The van der Waals surface area contributed by atoms with E-state index in [-0.39, 0.29) is 29.6 Å². The Kier molecular flexibility index (Phi) is 6.06. The van der Waals surface area contributed by atoms with E-state index in [0.29, 0.717) is 26.2 Å². The van der Waals surface area contributed by atoms with Crippen molar-refractivity contribution >= 4 is 35.6 Å². The van der Waals surface area contributed by atoms with Crippen LogP contribution in [0.2, 0.25) is 0 Å². The lowest BCUT2D eigenvalue weighted by Gasteiger charge is -2.41. The summed E-state index contributed by atoms with van der Waals surface area (Å²) < 4.78 is 0. The standard InChI is InChI=1S/C16H23N3O2S.ClH/c1-16(4-2-5-17-12-16)15(21)19-8-6-18(7-9-19)14(20)13-3-10-22-11-13;/h3,10-11,17H,2,4-9,12H2,1H3;1H. The minimum Gasteiger partial charge on any atom is -0.339 e. The molecule has 0 radical (unpaired) electrons. The lowest BCUT2D eigenvalue weighted by Crippen LogP contribution is -2.56. The second-order valence-electron chi connectivity index (χ2n) is 6.44. The van der Waals surface area contributed by atoms with Gasteiger partial charge < -0.3 is 15.1 Å². The number of halogens is 1. The molecule has 1 N–H and O–H groups in total. The molecule has 0 aromatic carbocycles. The number of piperidine rings is 1. The molecule has 1 unspecified atom stereocenters. The van der Waals surface area contributed by atoms with Gasteiger partial charge in [-0.1, -0.05) is 0 Å². The number of thiophene rings is 1. The number of rotatable bonds is 2. The van der Waals surface area contributed by atoms with Crippen molar-refractivity contribution in [2.75, 3.05) is 39.3 Å². The van der Waals surface area contributed by atoms with Crippen LogP contribution in [0.1, 0.15) is 30.1 Å². The molecule has 0 bridgehead atoms. The molecule has 3 heterocycles. The molecule has 2 aliphatic rings. The lowest BCUT2D eigenvalue weighted by atomic mass is 9.81. The van der Waals surface area contributed by atoms with Crippen LogP contribution in [-0.4, -0.2) is 60.9 Å². The number of nitrogens with one attached hydrogen (secondary N) is 1. The van der Waals surface area contributed by atoms with Crippen LogP contribution in [-0.2, 0) is 4.79 Å². The molecular formula is C16H24ClN3O2S. The van der Waals surface area contributed by atoms with Crippen LogP contribution in [0.15, 0.2) is 16.8 Å². The SMILES string of the molecule is CC1(C(=O)N2CCN(C(=O)c3ccsc3)CC2)CCCNC1.Cl. The Balaban J connectivity index is 0.00000192. The maximum atomic E-state index is 12.8. The van der Waals surface area contributed by atoms with Gasteiger partial charge in [0.2, 0.25) is 5.91 Å². The van der Waals surface area contributed by atoms with E-state index in [1.807, 2.05) is 26.6 Å². The van der Waals surface area contributed by atoms with Crippen LogP contribution in [0.3, 0.4) is 0 Å². The quantitative estimate of drug-likeness (QED) is 0.878. The van der Waals surface area contributed by atoms with Crippen molar-refractivity contribution in [2.24, 2.45) is 5.41 Å². The van der Waals surface area contributed by atoms with E-state index in [2.05, 4.69) is 12.2 Å². The van der Waals surface area contributed by atoms with Crippen LogP contribution >= 0.6 is 23.7 Å². The smallest absolute Gasteiger partial charge is 0.254 e. The summed E-state index contributed by atoms with van der Waals surface area (Å²) in [6, 6.07) is 1.86. The molecular weight excluding hydrogens is 334 g/mol. The molecule has 2 saturated heterocycles. The highest BCUT2D eigenvalue weighted by molar-refractivity contribution is 7.08. The first-order valence-corrected chi connectivity index (χ1v) is 8.86. The fraction of sp³-hybridized carbons (Fsp3) is 0.625. The Morgan fingerprint density at radius 1 is 1.22 bits per heavy atom. The number of amides is 2. The van der Waals surface area contributed by atoms with Gasteiger partial charge in [0.05, 0.1) is 11.0 Å². The van der Waals surface area contributed by atoms with Crippen LogP contribution < -0.4 is 5.32 Å². The maximum Gasteiger partial charge on any atom is 0.254 e. The number of nitrogens with zero attached hydrogens (tertiary/aromatic N) is 2. The summed E-state index contributed by atoms with van der Waals surface area (Å²) in [6.45, 7) is 6.37. The van der Waals surface area contributed by atoms with Gasteiger partial charge in [-0.05, 0) is 37.8 Å². The highest BCUT2D eigenvalue weighted by Crippen LogP contribution is 2.28. The van der Waals surface area contributed by atoms with Gasteiger partial charge in [0.1, 0.15) is 0 Å². The predicted molar refractivity (Wildman–Crippen MR) is 94.3 cm³/mol. The van der Waals surface area contributed by atoms with Gasteiger partial charge in [-0.3, -0.25) is 9.59 Å². The Hall–Kier alpha value is -1.11. The van der Waals surface area contributed by atoms with E-state index in [1.54, 1.807) is 0 Å². The third kappa shape index (κ3) is 3.87. The zero-order chi connectivity index (χ0) is 15.6. The fourth-order valence-electron chi connectivity index (χ4n) is 3.30. The third-order valence-corrected chi connectivity index (χ3v) is 5.42. The summed E-state index contributed by atoms with van der Waals surface area (Å²) in [5, 5.41) is 7.13. The Morgan fingerprint density at radius 3 is 2.48 bits per heavy atom. The Labute approximate surface area is 147 Å². The first kappa shape index (κ1) is 18.2. The van der Waals surface area contributed by atoms with E-state index in [9.17, 15) is 9.59 Å². The summed E-state index contributed by atoms with van der Waals surface area (Å²) in [6.07, 6.45) is 2.01. The van der Waals surface area contributed by atoms with Crippen molar-refractivity contribution in [3.63, 3.8) is 0 Å². The summed E-state index contributed by atoms with van der Waals surface area (Å²) in [5.74, 6) is 0.321. The van der Waals surface area contributed by atoms with Gasteiger partial charge in [-0.15, -0.1) is 12.4 Å². The van der Waals surface area contributed by atoms with Crippen LogP contribution in [0, 0.1) is 5.41 Å². The van der Waals surface area contributed by atoms with Crippen LogP contribution in [0.4, 0.5) is 0 Å². The average molecular weight is 358 g/mol. The van der Waals surface area contributed by atoms with E-state index in [1.165, 1.54) is 11.3 Å². The third-order valence-electron chi connectivity index (χ3n) is 4.74. The molecule has 2 fully saturated rings. The first-order chi connectivity index (χ1) is 10.6. The predicted octanol–water partition coefficient (Wildman–Crippen LogP) is 1.84. The molecule has 2 aliphatic heterocycles. The van der Waals surface area contributed by atoms with Crippen molar-refractivity contribution in [3.05, 3.63) is 22.4 Å². The topological polar surface area (TPSA) is 52.7 Å². The van der Waals surface area contributed by atoms with E-state index < -0.39 is 0 Å². The lowest BCUT2D eigenvalue weighted by molar-refractivity contribution is -0.143. The van der Waals surface area contributed by atoms with E-state index in [0.717, 1.165) is 31.5 Å². The summed E-state index contributed by atoms with van der Waals surface area (Å²) in [5.41, 5.74) is 0.478. The number of hydrogen-bond acceptors (Lipinski definition) is 4. The second-order valence-corrected chi connectivity index (χ2v) is 7.22. The summed E-state index contributed by atoms with van der Waals surface area (Å²) >= 11 is 1.54. The Morgan fingerprint density at radius 2 is 1.91 bits per heavy atom. The molecule has 1 atom stereocenters. The number of hydrogen-bond donors (Lipinski definition) is 1. The summed E-state index contributed by atoms with van der Waals surface area (Å²) in [4.78, 5) is 28.9. The largest absolute Gasteiger partial charge is 0.339 e. The van der Waals surface area contributed by atoms with Crippen molar-refractivity contribution in [3.8, 4) is 0 Å². The molecule has 5 nitrogen and oxygen atoms in total. The van der Waals surface area contributed by atoms with Gasteiger partial charge in [0, 0.05) is 38.1 Å². The molecule has 128 valence electrons. The minimum absolute atomic E-state index is 0. The highest BCUT2D eigenvalue weighted by Gasteiger charge is 2.38. The highest BCUT2D eigenvalue weighted by atomic mass is 35.5. The molecule has 0 saturated carbocycles. The maximum absolute atomic E-state index is 12.8. The molecule has 1 aromatic rings. The molecule has 3 rings (SSSR count). The minimum atomic E-state index is -0.280. The van der Waals surface area contributed by atoms with Crippen LogP contribution in [0.25, 0.3) is 0 Å². The summed E-state index contributed by atoms with van der Waals surface area (Å²) in [7, 11) is 0. The molecule has 1 aromatic heterocycles. The molecule has 2 amide bonds. The first-order valence-electron chi connectivity index (χ1n) is 7.92. The fourth-order valence-corrected chi connectivity index (χ4v) is 3.93. The van der Waals surface area contributed by atoms with Gasteiger partial charge in [0.25, 0.3) is 5.91 Å². The van der Waals surface area contributed by atoms with Gasteiger partial charge in [-0.25, -0.2) is 0 Å². The monoisotopic (exact) mass is 357 g/mol. The Bertz CT molecular complexity index is 536. The van der Waals surface area contributed by atoms with Crippen molar-refractivity contribution < 1.29 is 9.59 Å². The van der Waals surface area contributed by atoms with Crippen LogP contribution in [0.5, 0.6) is 0 Å². The molecule has 0 spiro atoms. The zero-order valence-electron chi connectivity index (χ0n) is 13.4. The normalized spacial score (nSPS) is 24.9. The van der Waals surface area contributed by atoms with E-state index in [4.69, 9.17) is 0 Å². The number of carbonyl (C=O) groups excluding carboxylic acids is 2. The zero-order valence-corrected chi connectivity index (χ0v) is 15.0. The molecule has 7 heteroatoms. The van der Waals surface area contributed by atoms with Gasteiger partial charge in [0.15, 0.2) is 0 Å². The van der Waals surface area contributed by atoms with Gasteiger partial charge >= 0.3 is 0 Å². The number of carbonyl (C=O) groups is 2. The molecule has 0 aliphatic carbocycles. The average Bonchev–Trinajstić information content (AvgIpc) is 3.09.